The maximum Gasteiger partial charge on any atom is 0.148 e. The normalized spacial score (nSPS) is 11.3. The fraction of sp³-hybridized carbons (Fsp3) is 0.357. The van der Waals surface area contributed by atoms with Crippen molar-refractivity contribution in [1.29, 1.82) is 0 Å². The molecule has 5 nitrogen and oxygen atoms in total. The first-order valence-corrected chi connectivity index (χ1v) is 6.28. The number of likely N-dealkylation sites (N-methyl/N-ethyl adjacent to an activating group) is 1. The zero-order chi connectivity index (χ0) is 13.7. The monoisotopic (exact) mass is 257 g/mol. The lowest BCUT2D eigenvalue weighted by molar-refractivity contribution is 0.447. The van der Waals surface area contributed by atoms with Crippen molar-refractivity contribution in [2.75, 3.05) is 18.9 Å². The van der Waals surface area contributed by atoms with Crippen molar-refractivity contribution in [3.8, 4) is 11.3 Å². The summed E-state index contributed by atoms with van der Waals surface area (Å²) in [6.07, 6.45) is 3.52. The maximum absolute atomic E-state index is 4.20. The molecule has 2 N–H and O–H groups in total. The molecule has 0 aliphatic carbocycles. The Balaban J connectivity index is 2.03. The van der Waals surface area contributed by atoms with E-state index in [2.05, 4.69) is 39.7 Å². The third kappa shape index (κ3) is 3.72. The molecule has 0 atom stereocenters. The zero-order valence-electron chi connectivity index (χ0n) is 11.5. The maximum atomic E-state index is 4.20. The van der Waals surface area contributed by atoms with Crippen molar-refractivity contribution < 1.29 is 0 Å². The average Bonchev–Trinajstić information content (AvgIpc) is 2.47. The van der Waals surface area contributed by atoms with E-state index in [0.717, 1.165) is 23.6 Å². The second kappa shape index (κ2) is 5.75. The van der Waals surface area contributed by atoms with Crippen LogP contribution in [-0.2, 0) is 0 Å². The highest BCUT2D eigenvalue weighted by molar-refractivity contribution is 5.58. The molecule has 0 unspecified atom stereocenters. The quantitative estimate of drug-likeness (QED) is 0.857. The summed E-state index contributed by atoms with van der Waals surface area (Å²) < 4.78 is 0. The summed E-state index contributed by atoms with van der Waals surface area (Å²) in [5, 5.41) is 14.9. The Kier molecular flexibility index (Phi) is 4.06. The van der Waals surface area contributed by atoms with E-state index < -0.39 is 0 Å². The van der Waals surface area contributed by atoms with Gasteiger partial charge in [0.05, 0.1) is 5.69 Å². The van der Waals surface area contributed by atoms with Gasteiger partial charge in [0.2, 0.25) is 0 Å². The van der Waals surface area contributed by atoms with Gasteiger partial charge in [-0.15, -0.1) is 10.2 Å². The van der Waals surface area contributed by atoms with Crippen LogP contribution in [0.2, 0.25) is 0 Å². The third-order valence-electron chi connectivity index (χ3n) is 3.01. The number of pyridine rings is 1. The van der Waals surface area contributed by atoms with Gasteiger partial charge in [-0.1, -0.05) is 0 Å². The van der Waals surface area contributed by atoms with Crippen LogP contribution in [-0.4, -0.2) is 34.3 Å². The molecule has 2 rings (SSSR count). The van der Waals surface area contributed by atoms with E-state index in [1.54, 1.807) is 12.4 Å². The second-order valence-electron chi connectivity index (χ2n) is 5.03. The van der Waals surface area contributed by atoms with E-state index in [1.807, 2.05) is 31.3 Å². The predicted octanol–water partition coefficient (Wildman–Crippen LogP) is 1.95. The van der Waals surface area contributed by atoms with Crippen molar-refractivity contribution in [2.24, 2.45) is 0 Å². The van der Waals surface area contributed by atoms with Gasteiger partial charge in [-0.3, -0.25) is 4.98 Å². The van der Waals surface area contributed by atoms with Crippen LogP contribution in [0.4, 0.5) is 5.82 Å². The Morgan fingerprint density at radius 1 is 1.16 bits per heavy atom. The van der Waals surface area contributed by atoms with Gasteiger partial charge in [-0.25, -0.2) is 0 Å². The predicted molar refractivity (Wildman–Crippen MR) is 76.9 cm³/mol. The smallest absolute Gasteiger partial charge is 0.148 e. The van der Waals surface area contributed by atoms with Crippen LogP contribution in [0, 0.1) is 0 Å². The lowest BCUT2D eigenvalue weighted by Gasteiger charge is -2.24. The third-order valence-corrected chi connectivity index (χ3v) is 3.01. The number of nitrogens with zero attached hydrogens (tertiary/aromatic N) is 3. The highest BCUT2D eigenvalue weighted by Gasteiger charge is 2.14. The standard InChI is InChI=1S/C14H19N5/c1-14(2,15-3)10-17-13-7-6-12(18-19-13)11-5-4-8-16-9-11/h4-9,15H,10H2,1-3H3,(H,17,19). The SMILES string of the molecule is CNC(C)(C)CNc1ccc(-c2cccnc2)nn1. The van der Waals surface area contributed by atoms with E-state index >= 15 is 0 Å². The molecule has 0 amide bonds. The molecular formula is C14H19N5. The van der Waals surface area contributed by atoms with Crippen LogP contribution < -0.4 is 10.6 Å². The van der Waals surface area contributed by atoms with Gasteiger partial charge in [0, 0.05) is 30.0 Å². The molecule has 0 fully saturated rings. The molecule has 0 aromatic carbocycles. The Morgan fingerprint density at radius 2 is 2.00 bits per heavy atom. The molecule has 0 bridgehead atoms. The molecule has 2 heterocycles. The van der Waals surface area contributed by atoms with Crippen molar-refractivity contribution in [2.45, 2.75) is 19.4 Å². The summed E-state index contributed by atoms with van der Waals surface area (Å²) in [6, 6.07) is 7.73. The van der Waals surface area contributed by atoms with E-state index in [9.17, 15) is 0 Å². The van der Waals surface area contributed by atoms with Crippen LogP contribution in [0.1, 0.15) is 13.8 Å². The molecular weight excluding hydrogens is 238 g/mol. The molecule has 0 radical (unpaired) electrons. The minimum absolute atomic E-state index is 0.0176. The van der Waals surface area contributed by atoms with E-state index in [-0.39, 0.29) is 5.54 Å². The van der Waals surface area contributed by atoms with Gasteiger partial charge in [0.1, 0.15) is 5.82 Å². The van der Waals surface area contributed by atoms with Gasteiger partial charge >= 0.3 is 0 Å². The zero-order valence-corrected chi connectivity index (χ0v) is 11.5. The number of hydrogen-bond donors (Lipinski definition) is 2. The van der Waals surface area contributed by atoms with Crippen LogP contribution in [0.5, 0.6) is 0 Å². The van der Waals surface area contributed by atoms with Gasteiger partial charge in [-0.05, 0) is 45.2 Å². The van der Waals surface area contributed by atoms with Gasteiger partial charge in [-0.2, -0.15) is 0 Å². The van der Waals surface area contributed by atoms with Crippen LogP contribution >= 0.6 is 0 Å². The van der Waals surface area contributed by atoms with Crippen molar-refractivity contribution >= 4 is 5.82 Å². The largest absolute Gasteiger partial charge is 0.367 e. The molecule has 0 spiro atoms. The molecule has 0 aliphatic heterocycles. The average molecular weight is 257 g/mol. The fourth-order valence-electron chi connectivity index (χ4n) is 1.49. The summed E-state index contributed by atoms with van der Waals surface area (Å²) >= 11 is 0. The molecule has 2 aromatic rings. The number of aromatic nitrogens is 3. The van der Waals surface area contributed by atoms with Crippen LogP contribution in [0.15, 0.2) is 36.7 Å². The van der Waals surface area contributed by atoms with Gasteiger partial charge < -0.3 is 10.6 Å². The highest BCUT2D eigenvalue weighted by Crippen LogP contribution is 2.15. The lowest BCUT2D eigenvalue weighted by Crippen LogP contribution is -2.42. The number of rotatable bonds is 5. The molecule has 0 saturated carbocycles. The Morgan fingerprint density at radius 3 is 2.58 bits per heavy atom. The lowest BCUT2D eigenvalue weighted by atomic mass is 10.1. The molecule has 100 valence electrons. The topological polar surface area (TPSA) is 62.7 Å². The fourth-order valence-corrected chi connectivity index (χ4v) is 1.49. The summed E-state index contributed by atoms with van der Waals surface area (Å²) in [5.74, 6) is 0.774. The molecule has 19 heavy (non-hydrogen) atoms. The van der Waals surface area contributed by atoms with E-state index in [1.165, 1.54) is 0 Å². The van der Waals surface area contributed by atoms with Crippen molar-refractivity contribution in [1.82, 2.24) is 20.5 Å². The number of anilines is 1. The Bertz CT molecular complexity index is 507. The van der Waals surface area contributed by atoms with Gasteiger partial charge in [0.25, 0.3) is 0 Å². The first-order valence-electron chi connectivity index (χ1n) is 6.28. The minimum atomic E-state index is 0.0176. The molecule has 2 aromatic heterocycles. The highest BCUT2D eigenvalue weighted by atomic mass is 15.2. The van der Waals surface area contributed by atoms with Crippen LogP contribution in [0.25, 0.3) is 11.3 Å². The Hall–Kier alpha value is -2.01. The van der Waals surface area contributed by atoms with Crippen molar-refractivity contribution in [3.63, 3.8) is 0 Å². The Labute approximate surface area is 113 Å². The molecule has 0 saturated heterocycles. The first kappa shape index (κ1) is 13.4. The minimum Gasteiger partial charge on any atom is -0.367 e. The summed E-state index contributed by atoms with van der Waals surface area (Å²) in [6.45, 7) is 5.03. The molecule has 0 aliphatic rings. The van der Waals surface area contributed by atoms with E-state index in [0.29, 0.717) is 0 Å². The summed E-state index contributed by atoms with van der Waals surface area (Å²) in [4.78, 5) is 4.07. The summed E-state index contributed by atoms with van der Waals surface area (Å²) in [7, 11) is 1.94. The summed E-state index contributed by atoms with van der Waals surface area (Å²) in [5.41, 5.74) is 1.81. The van der Waals surface area contributed by atoms with Gasteiger partial charge in [0.15, 0.2) is 0 Å². The number of nitrogens with one attached hydrogen (secondary N) is 2. The second-order valence-corrected chi connectivity index (χ2v) is 5.03. The van der Waals surface area contributed by atoms with E-state index in [4.69, 9.17) is 0 Å². The first-order chi connectivity index (χ1) is 9.11. The van der Waals surface area contributed by atoms with Crippen molar-refractivity contribution in [3.05, 3.63) is 36.7 Å². The molecule has 5 heteroatoms. The van der Waals surface area contributed by atoms with Crippen LogP contribution in [0.3, 0.4) is 0 Å². The number of hydrogen-bond acceptors (Lipinski definition) is 5.